The van der Waals surface area contributed by atoms with Gasteiger partial charge in [-0.05, 0) is 45.8 Å². The summed E-state index contributed by atoms with van der Waals surface area (Å²) in [5.41, 5.74) is 0. The molecule has 0 aromatic carbocycles. The molecule has 6 nitrogen and oxygen atoms in total. The Morgan fingerprint density at radius 1 is 1.26 bits per heavy atom. The van der Waals surface area contributed by atoms with Crippen molar-refractivity contribution in [1.29, 1.82) is 0 Å². The maximum absolute atomic E-state index is 12.2. The van der Waals surface area contributed by atoms with Crippen molar-refractivity contribution < 1.29 is 14.3 Å². The number of carbonyl (C=O) groups excluding carboxylic acids is 2. The minimum Gasteiger partial charge on any atom is -0.379 e. The Kier molecular flexibility index (Phi) is 16.5. The fourth-order valence-corrected chi connectivity index (χ4v) is 3.28. The summed E-state index contributed by atoms with van der Waals surface area (Å²) in [6, 6.07) is 0. The molecule has 2 saturated heterocycles. The average molecular weight is 386 g/mol. The van der Waals surface area contributed by atoms with Crippen LogP contribution < -0.4 is 5.32 Å². The van der Waals surface area contributed by atoms with Crippen LogP contribution in [0.4, 0.5) is 0 Å². The topological polar surface area (TPSA) is 61.9 Å². The van der Waals surface area contributed by atoms with Crippen LogP contribution in [0.25, 0.3) is 0 Å². The summed E-state index contributed by atoms with van der Waals surface area (Å²) in [4.78, 5) is 27.0. The van der Waals surface area contributed by atoms with E-state index in [9.17, 15) is 9.59 Å². The van der Waals surface area contributed by atoms with Crippen LogP contribution in [0.5, 0.6) is 0 Å². The number of piperidine rings is 1. The molecule has 2 unspecified atom stereocenters. The highest BCUT2D eigenvalue weighted by molar-refractivity contribution is 5.81. The van der Waals surface area contributed by atoms with Crippen LogP contribution in [0.1, 0.15) is 52.9 Å². The van der Waals surface area contributed by atoms with E-state index in [2.05, 4.69) is 24.2 Å². The highest BCUT2D eigenvalue weighted by Gasteiger charge is 2.29. The molecule has 2 heterocycles. The lowest BCUT2D eigenvalue weighted by molar-refractivity contribution is -0.140. The lowest BCUT2D eigenvalue weighted by Gasteiger charge is -2.34. The SMILES string of the molecule is CC.CCC(CCNC)CN1CCCC(CC=O)C1=O.CN1CCOCC1. The second kappa shape index (κ2) is 17.1. The number of ether oxygens (including phenoxy) is 1. The van der Waals surface area contributed by atoms with Gasteiger partial charge in [0, 0.05) is 38.5 Å². The minimum atomic E-state index is -0.0574. The lowest BCUT2D eigenvalue weighted by Crippen LogP contribution is -2.44. The molecule has 0 saturated carbocycles. The van der Waals surface area contributed by atoms with E-state index in [1.807, 2.05) is 25.8 Å². The first-order chi connectivity index (χ1) is 13.1. The van der Waals surface area contributed by atoms with Gasteiger partial charge < -0.3 is 24.6 Å². The molecule has 2 rings (SSSR count). The van der Waals surface area contributed by atoms with E-state index in [0.29, 0.717) is 12.3 Å². The third kappa shape index (κ3) is 11.5. The van der Waals surface area contributed by atoms with Gasteiger partial charge in [0.25, 0.3) is 0 Å². The number of likely N-dealkylation sites (tertiary alicyclic amines) is 1. The Labute approximate surface area is 167 Å². The van der Waals surface area contributed by atoms with Gasteiger partial charge in [-0.15, -0.1) is 0 Å². The second-order valence-electron chi connectivity index (χ2n) is 7.11. The van der Waals surface area contributed by atoms with Crippen LogP contribution in [0.3, 0.4) is 0 Å². The third-order valence-electron chi connectivity index (χ3n) is 5.12. The van der Waals surface area contributed by atoms with Gasteiger partial charge in [0.2, 0.25) is 5.91 Å². The smallest absolute Gasteiger partial charge is 0.226 e. The van der Waals surface area contributed by atoms with Crippen LogP contribution in [0.2, 0.25) is 0 Å². The Morgan fingerprint density at radius 3 is 2.41 bits per heavy atom. The molecule has 0 radical (unpaired) electrons. The zero-order valence-electron chi connectivity index (χ0n) is 18.3. The van der Waals surface area contributed by atoms with E-state index in [1.54, 1.807) is 0 Å². The molecule has 27 heavy (non-hydrogen) atoms. The van der Waals surface area contributed by atoms with Crippen molar-refractivity contribution in [3.63, 3.8) is 0 Å². The minimum absolute atomic E-state index is 0.0574. The van der Waals surface area contributed by atoms with Crippen molar-refractivity contribution >= 4 is 12.2 Å². The van der Waals surface area contributed by atoms with Gasteiger partial charge >= 0.3 is 0 Å². The van der Waals surface area contributed by atoms with Crippen molar-refractivity contribution in [2.75, 3.05) is 60.0 Å². The second-order valence-corrected chi connectivity index (χ2v) is 7.11. The normalized spacial score (nSPS) is 21.4. The van der Waals surface area contributed by atoms with E-state index in [4.69, 9.17) is 4.74 Å². The fourth-order valence-electron chi connectivity index (χ4n) is 3.28. The van der Waals surface area contributed by atoms with E-state index in [1.165, 1.54) is 0 Å². The zero-order valence-corrected chi connectivity index (χ0v) is 18.3. The summed E-state index contributed by atoms with van der Waals surface area (Å²) in [6.07, 6.45) is 5.39. The van der Waals surface area contributed by atoms with Crippen molar-refractivity contribution in [3.8, 4) is 0 Å². The van der Waals surface area contributed by atoms with Gasteiger partial charge in [-0.1, -0.05) is 27.2 Å². The number of hydrogen-bond donors (Lipinski definition) is 1. The summed E-state index contributed by atoms with van der Waals surface area (Å²) in [5.74, 6) is 0.700. The average Bonchev–Trinajstić information content (AvgIpc) is 2.70. The van der Waals surface area contributed by atoms with Gasteiger partial charge in [0.05, 0.1) is 13.2 Å². The first kappa shape index (κ1) is 26.0. The largest absolute Gasteiger partial charge is 0.379 e. The highest BCUT2D eigenvalue weighted by atomic mass is 16.5. The number of nitrogens with zero attached hydrogens (tertiary/aromatic N) is 2. The molecule has 2 fully saturated rings. The quantitative estimate of drug-likeness (QED) is 0.650. The number of carbonyl (C=O) groups is 2. The van der Waals surface area contributed by atoms with Gasteiger partial charge in [0.15, 0.2) is 0 Å². The highest BCUT2D eigenvalue weighted by Crippen LogP contribution is 2.22. The number of hydrogen-bond acceptors (Lipinski definition) is 5. The molecule has 0 aromatic rings. The molecule has 0 spiro atoms. The first-order valence-corrected chi connectivity index (χ1v) is 10.8. The first-order valence-electron chi connectivity index (χ1n) is 10.8. The number of amides is 1. The van der Waals surface area contributed by atoms with Crippen LogP contribution in [0, 0.1) is 11.8 Å². The van der Waals surface area contributed by atoms with Crippen molar-refractivity contribution in [1.82, 2.24) is 15.1 Å². The number of nitrogens with one attached hydrogen (secondary N) is 1. The third-order valence-corrected chi connectivity index (χ3v) is 5.12. The number of aldehydes is 1. The van der Waals surface area contributed by atoms with Crippen molar-refractivity contribution in [2.24, 2.45) is 11.8 Å². The Balaban J connectivity index is 0.000000621. The molecular weight excluding hydrogens is 342 g/mol. The van der Waals surface area contributed by atoms with Gasteiger partial charge in [-0.2, -0.15) is 0 Å². The zero-order chi connectivity index (χ0) is 20.5. The summed E-state index contributed by atoms with van der Waals surface area (Å²) >= 11 is 0. The maximum Gasteiger partial charge on any atom is 0.226 e. The molecule has 0 bridgehead atoms. The van der Waals surface area contributed by atoms with E-state index in [0.717, 1.165) is 77.9 Å². The summed E-state index contributed by atoms with van der Waals surface area (Å²) in [7, 11) is 4.07. The number of rotatable bonds is 8. The maximum atomic E-state index is 12.2. The molecule has 2 aliphatic heterocycles. The van der Waals surface area contributed by atoms with Crippen molar-refractivity contribution in [2.45, 2.75) is 52.9 Å². The fraction of sp³-hybridized carbons (Fsp3) is 0.905. The monoisotopic (exact) mass is 385 g/mol. The molecule has 0 aliphatic carbocycles. The van der Waals surface area contributed by atoms with E-state index < -0.39 is 0 Å². The summed E-state index contributed by atoms with van der Waals surface area (Å²) in [5, 5.41) is 3.16. The lowest BCUT2D eigenvalue weighted by atomic mass is 9.92. The number of likely N-dealkylation sites (N-methyl/N-ethyl adjacent to an activating group) is 1. The molecule has 2 atom stereocenters. The van der Waals surface area contributed by atoms with Crippen molar-refractivity contribution in [3.05, 3.63) is 0 Å². The van der Waals surface area contributed by atoms with Crippen LogP contribution in [-0.4, -0.2) is 82.0 Å². The van der Waals surface area contributed by atoms with Crippen LogP contribution >= 0.6 is 0 Å². The standard InChI is InChI=1S/C14H26N2O2.C5H11NO.C2H6/c1-3-12(6-8-15-2)11-16-9-4-5-13(7-10-17)14(16)18;1-6-2-4-7-5-3-6;1-2/h10,12-13,15H,3-9,11H2,1-2H3;2-5H2,1H3;1-2H3. The Hall–Kier alpha value is -0.980. The van der Waals surface area contributed by atoms with Gasteiger partial charge in [-0.3, -0.25) is 4.79 Å². The van der Waals surface area contributed by atoms with E-state index >= 15 is 0 Å². The Morgan fingerprint density at radius 2 is 1.93 bits per heavy atom. The summed E-state index contributed by atoms with van der Waals surface area (Å²) < 4.78 is 5.10. The molecule has 2 aliphatic rings. The number of morpholine rings is 1. The molecule has 1 amide bonds. The van der Waals surface area contributed by atoms with Crippen LogP contribution in [-0.2, 0) is 14.3 Å². The predicted octanol–water partition coefficient (Wildman–Crippen LogP) is 2.42. The molecule has 160 valence electrons. The molecular formula is C21H43N3O3. The van der Waals surface area contributed by atoms with Gasteiger partial charge in [0.1, 0.15) is 6.29 Å². The molecule has 6 heteroatoms. The Bertz CT molecular complexity index is 374. The predicted molar refractivity (Wildman–Crippen MR) is 112 cm³/mol. The molecule has 0 aromatic heterocycles. The van der Waals surface area contributed by atoms with Gasteiger partial charge in [-0.25, -0.2) is 0 Å². The molecule has 1 N–H and O–H groups in total. The van der Waals surface area contributed by atoms with E-state index in [-0.39, 0.29) is 11.8 Å². The summed E-state index contributed by atoms with van der Waals surface area (Å²) in [6.45, 7) is 12.9. The van der Waals surface area contributed by atoms with Crippen LogP contribution in [0.15, 0.2) is 0 Å².